The predicted molar refractivity (Wildman–Crippen MR) is 121 cm³/mol. The van der Waals surface area contributed by atoms with E-state index in [4.69, 9.17) is 17.3 Å². The Morgan fingerprint density at radius 1 is 1.24 bits per heavy atom. The Morgan fingerprint density at radius 2 is 1.97 bits per heavy atom. The molecule has 0 aliphatic carbocycles. The van der Waals surface area contributed by atoms with E-state index in [2.05, 4.69) is 10.1 Å². The topological polar surface area (TPSA) is 102 Å². The maximum atomic E-state index is 13.0. The molecule has 0 aromatic heterocycles. The van der Waals surface area contributed by atoms with Crippen molar-refractivity contribution < 1.29 is 31.1 Å². The molecule has 3 N–H and O–H groups in total. The quantitative estimate of drug-likeness (QED) is 0.553. The molecular weight excluding hydrogens is 495 g/mol. The summed E-state index contributed by atoms with van der Waals surface area (Å²) in [6.07, 6.45) is -4.19. The summed E-state index contributed by atoms with van der Waals surface area (Å²) in [6.45, 7) is 2.71. The molecule has 34 heavy (non-hydrogen) atoms. The minimum absolute atomic E-state index is 0.0277. The van der Waals surface area contributed by atoms with Crippen LogP contribution in [0.1, 0.15) is 34.8 Å². The number of nitrogens with zero attached hydrogens (tertiary/aromatic N) is 1. The smallest absolute Gasteiger partial charge is 0.405 e. The summed E-state index contributed by atoms with van der Waals surface area (Å²) in [5, 5.41) is 2.83. The zero-order valence-electron chi connectivity index (χ0n) is 18.4. The summed E-state index contributed by atoms with van der Waals surface area (Å²) in [6, 6.07) is 8.00. The van der Waals surface area contributed by atoms with Gasteiger partial charge in [0.15, 0.2) is 9.84 Å². The normalized spacial score (nSPS) is 17.1. The van der Waals surface area contributed by atoms with Crippen LogP contribution < -0.4 is 15.8 Å². The van der Waals surface area contributed by atoms with Gasteiger partial charge in [0.1, 0.15) is 5.75 Å². The molecule has 12 heteroatoms. The van der Waals surface area contributed by atoms with Gasteiger partial charge in [-0.15, -0.1) is 13.2 Å². The molecule has 0 radical (unpaired) electrons. The van der Waals surface area contributed by atoms with Gasteiger partial charge in [0.2, 0.25) is 0 Å². The highest BCUT2D eigenvalue weighted by atomic mass is 35.5. The second kappa shape index (κ2) is 10.5. The molecule has 1 saturated heterocycles. The average Bonchev–Trinajstić information content (AvgIpc) is 3.16. The van der Waals surface area contributed by atoms with Crippen LogP contribution >= 0.6 is 11.6 Å². The first-order valence-corrected chi connectivity index (χ1v) is 12.6. The zero-order valence-corrected chi connectivity index (χ0v) is 19.9. The summed E-state index contributed by atoms with van der Waals surface area (Å²) in [7, 11) is -3.57. The van der Waals surface area contributed by atoms with Gasteiger partial charge >= 0.3 is 6.36 Å². The van der Waals surface area contributed by atoms with Crippen molar-refractivity contribution in [3.05, 3.63) is 58.1 Å². The number of nitrogens with one attached hydrogen (secondary N) is 1. The summed E-state index contributed by atoms with van der Waals surface area (Å²) >= 11 is 5.98. The lowest BCUT2D eigenvalue weighted by Gasteiger charge is -2.19. The summed E-state index contributed by atoms with van der Waals surface area (Å²) in [5.74, 6) is -1.31. The molecule has 2 aromatic rings. The Labute approximate surface area is 200 Å². The fourth-order valence-corrected chi connectivity index (χ4v) is 5.03. The van der Waals surface area contributed by atoms with Gasteiger partial charge in [-0.25, -0.2) is 8.42 Å². The molecule has 0 unspecified atom stereocenters. The lowest BCUT2D eigenvalue weighted by molar-refractivity contribution is -0.275. The number of carbonyl (C=O) groups excluding carboxylic acids is 1. The molecule has 0 spiro atoms. The number of benzene rings is 2. The van der Waals surface area contributed by atoms with Crippen molar-refractivity contribution in [2.24, 2.45) is 5.73 Å². The van der Waals surface area contributed by atoms with Gasteiger partial charge in [-0.3, -0.25) is 9.69 Å². The molecule has 7 nitrogen and oxygen atoms in total. The van der Waals surface area contributed by atoms with Crippen molar-refractivity contribution in [1.82, 2.24) is 10.2 Å². The fourth-order valence-electron chi connectivity index (χ4n) is 3.72. The second-order valence-electron chi connectivity index (χ2n) is 7.99. The van der Waals surface area contributed by atoms with E-state index < -0.39 is 27.9 Å². The molecule has 1 aliphatic rings. The largest absolute Gasteiger partial charge is 0.573 e. The molecule has 0 saturated carbocycles. The number of hydrogen-bond donors (Lipinski definition) is 2. The van der Waals surface area contributed by atoms with E-state index in [0.29, 0.717) is 13.1 Å². The number of sulfone groups is 1. The first-order chi connectivity index (χ1) is 15.9. The number of alkyl halides is 3. The second-order valence-corrected chi connectivity index (χ2v) is 10.7. The van der Waals surface area contributed by atoms with Crippen LogP contribution in [0.5, 0.6) is 5.75 Å². The molecule has 1 amide bonds. The Bertz CT molecular complexity index is 1160. The van der Waals surface area contributed by atoms with Gasteiger partial charge in [-0.1, -0.05) is 24.6 Å². The monoisotopic (exact) mass is 519 g/mol. The van der Waals surface area contributed by atoms with Crippen LogP contribution in [0.3, 0.4) is 0 Å². The molecule has 2 aromatic carbocycles. The van der Waals surface area contributed by atoms with Crippen molar-refractivity contribution in [2.75, 3.05) is 18.8 Å². The van der Waals surface area contributed by atoms with Crippen molar-refractivity contribution >= 4 is 27.3 Å². The maximum absolute atomic E-state index is 13.0. The highest BCUT2D eigenvalue weighted by Gasteiger charge is 2.33. The Balaban J connectivity index is 1.81. The molecule has 186 valence electrons. The van der Waals surface area contributed by atoms with Crippen LogP contribution in [0.15, 0.2) is 41.3 Å². The maximum Gasteiger partial charge on any atom is 0.573 e. The molecular formula is C22H25ClF3N3O4S. The van der Waals surface area contributed by atoms with E-state index in [1.165, 1.54) is 37.3 Å². The van der Waals surface area contributed by atoms with Crippen LogP contribution in [0.4, 0.5) is 13.2 Å². The Kier molecular flexibility index (Phi) is 8.12. The van der Waals surface area contributed by atoms with E-state index >= 15 is 0 Å². The molecule has 1 atom stereocenters. The van der Waals surface area contributed by atoms with E-state index in [9.17, 15) is 26.4 Å². The van der Waals surface area contributed by atoms with Crippen LogP contribution in [-0.2, 0) is 22.9 Å². The number of rotatable bonds is 8. The number of hydrogen-bond acceptors (Lipinski definition) is 6. The van der Waals surface area contributed by atoms with Crippen LogP contribution in [-0.4, -0.2) is 50.5 Å². The highest BCUT2D eigenvalue weighted by Crippen LogP contribution is 2.29. The van der Waals surface area contributed by atoms with E-state index in [-0.39, 0.29) is 51.5 Å². The third-order valence-electron chi connectivity index (χ3n) is 5.43. The lowest BCUT2D eigenvalue weighted by atomic mass is 10.1. The van der Waals surface area contributed by atoms with Crippen LogP contribution in [0, 0.1) is 0 Å². The van der Waals surface area contributed by atoms with Gasteiger partial charge in [0.25, 0.3) is 5.91 Å². The lowest BCUT2D eigenvalue weighted by Crippen LogP contribution is -2.27. The first kappa shape index (κ1) is 26.3. The van der Waals surface area contributed by atoms with Crippen molar-refractivity contribution in [1.29, 1.82) is 0 Å². The molecule has 1 fully saturated rings. The minimum atomic E-state index is -4.94. The third-order valence-corrected chi connectivity index (χ3v) is 7.50. The van der Waals surface area contributed by atoms with Crippen molar-refractivity contribution in [3.63, 3.8) is 0 Å². The van der Waals surface area contributed by atoms with E-state index in [1.807, 2.05) is 4.90 Å². The van der Waals surface area contributed by atoms with Gasteiger partial charge in [0.05, 0.1) is 10.6 Å². The predicted octanol–water partition coefficient (Wildman–Crippen LogP) is 3.50. The molecule has 0 bridgehead atoms. The third kappa shape index (κ3) is 6.84. The minimum Gasteiger partial charge on any atom is -0.405 e. The summed E-state index contributed by atoms with van der Waals surface area (Å²) in [5.41, 5.74) is 6.35. The number of nitrogens with two attached hydrogens (primary N) is 1. The Hall–Kier alpha value is -2.34. The fraction of sp³-hybridized carbons (Fsp3) is 0.409. The number of likely N-dealkylation sites (tertiary alicyclic amines) is 1. The zero-order chi connectivity index (χ0) is 25.1. The highest BCUT2D eigenvalue weighted by molar-refractivity contribution is 7.91. The summed E-state index contributed by atoms with van der Waals surface area (Å²) < 4.78 is 67.9. The molecule has 3 rings (SSSR count). The number of carbonyl (C=O) groups is 1. The van der Waals surface area contributed by atoms with Crippen molar-refractivity contribution in [2.45, 2.75) is 43.7 Å². The SMILES string of the molecule is CCS(=O)(=O)c1ccc(Cl)cc1CNC(=O)c1ccc(CN2CC[C@@H](N)C2)c(OC(F)(F)F)c1. The molecule has 1 heterocycles. The van der Waals surface area contributed by atoms with E-state index in [0.717, 1.165) is 12.5 Å². The van der Waals surface area contributed by atoms with Crippen LogP contribution in [0.25, 0.3) is 0 Å². The van der Waals surface area contributed by atoms with E-state index in [1.54, 1.807) is 0 Å². The average molecular weight is 520 g/mol. The standard InChI is InChI=1S/C22H25ClF3N3O4S/c1-2-34(31,32)20-6-5-17(23)9-16(20)11-28-21(30)14-3-4-15(12-29-8-7-18(27)13-29)19(10-14)33-22(24,25)26/h3-6,9-10,18H,2,7-8,11-13,27H2,1H3,(H,28,30)/t18-/m1/s1. The number of amides is 1. The first-order valence-electron chi connectivity index (χ1n) is 10.5. The van der Waals surface area contributed by atoms with Gasteiger partial charge < -0.3 is 15.8 Å². The van der Waals surface area contributed by atoms with Crippen LogP contribution in [0.2, 0.25) is 5.02 Å². The number of halogens is 4. The number of ether oxygens (including phenoxy) is 1. The van der Waals surface area contributed by atoms with Gasteiger partial charge in [0, 0.05) is 48.4 Å². The molecule has 1 aliphatic heterocycles. The van der Waals surface area contributed by atoms with Gasteiger partial charge in [-0.05, 0) is 42.3 Å². The Morgan fingerprint density at radius 3 is 2.59 bits per heavy atom. The van der Waals surface area contributed by atoms with Crippen molar-refractivity contribution in [3.8, 4) is 5.75 Å². The summed E-state index contributed by atoms with van der Waals surface area (Å²) in [4.78, 5) is 14.6. The van der Waals surface area contributed by atoms with Gasteiger partial charge in [-0.2, -0.15) is 0 Å².